The molecule has 2 aromatic rings. The number of aromatic nitrogens is 1. The minimum atomic E-state index is -0.320. The maximum atomic E-state index is 12.5. The zero-order valence-corrected chi connectivity index (χ0v) is 19.2. The number of carbonyl (C=O) groups excluding carboxylic acids is 1. The second-order valence-electron chi connectivity index (χ2n) is 9.46. The number of carbonyl (C=O) groups is 1. The smallest absolute Gasteiger partial charge is 0.188 e. The first-order chi connectivity index (χ1) is 15.3. The summed E-state index contributed by atoms with van der Waals surface area (Å²) in [6.45, 7) is 7.96. The van der Waals surface area contributed by atoms with E-state index in [2.05, 4.69) is 42.2 Å². The molecule has 0 radical (unpaired) electrons. The third-order valence-corrected chi connectivity index (χ3v) is 6.05. The number of rotatable bonds is 5. The molecule has 1 fully saturated rings. The molecule has 6 nitrogen and oxygen atoms in total. The molecule has 1 saturated heterocycles. The summed E-state index contributed by atoms with van der Waals surface area (Å²) in [6.07, 6.45) is 9.05. The maximum Gasteiger partial charge on any atom is 0.188 e. The van der Waals surface area contributed by atoms with Gasteiger partial charge in [0.05, 0.1) is 12.8 Å². The fraction of sp³-hybridized carbons (Fsp3) is 0.385. The molecular formula is C26H31N3O3. The average Bonchev–Trinajstić information content (AvgIpc) is 3.22. The number of likely N-dealkylation sites (tertiary alicyclic amines) is 1. The van der Waals surface area contributed by atoms with Gasteiger partial charge in [0.2, 0.25) is 0 Å². The normalized spacial score (nSPS) is 18.0. The molecule has 4 rings (SSSR count). The van der Waals surface area contributed by atoms with Gasteiger partial charge >= 0.3 is 0 Å². The number of hydroxylamine groups is 1. The molecule has 0 saturated carbocycles. The number of benzene rings is 1. The molecule has 6 heteroatoms. The fourth-order valence-corrected chi connectivity index (χ4v) is 3.96. The number of hydrogen-bond donors (Lipinski definition) is 1. The van der Waals surface area contributed by atoms with Crippen LogP contribution in [0.2, 0.25) is 0 Å². The van der Waals surface area contributed by atoms with Crippen molar-refractivity contribution in [1.29, 1.82) is 0 Å². The number of hydrogen-bond acceptors (Lipinski definition) is 6. The Morgan fingerprint density at radius 1 is 1.22 bits per heavy atom. The Hall–Kier alpha value is -3.12. The van der Waals surface area contributed by atoms with E-state index in [0.29, 0.717) is 5.56 Å². The average molecular weight is 434 g/mol. The molecule has 0 unspecified atom stereocenters. The van der Waals surface area contributed by atoms with Gasteiger partial charge in [-0.3, -0.25) is 20.1 Å². The predicted octanol–water partition coefficient (Wildman–Crippen LogP) is 4.49. The molecular weight excluding hydrogens is 402 g/mol. The highest BCUT2D eigenvalue weighted by atomic mass is 16.7. The van der Waals surface area contributed by atoms with Crippen molar-refractivity contribution in [2.75, 3.05) is 20.2 Å². The second kappa shape index (κ2) is 8.79. The summed E-state index contributed by atoms with van der Waals surface area (Å²) < 4.78 is 5.32. The molecule has 3 heterocycles. The topological polar surface area (TPSA) is 63.7 Å². The molecule has 2 aliphatic rings. The van der Waals surface area contributed by atoms with Crippen LogP contribution >= 0.6 is 0 Å². The number of piperidine rings is 1. The van der Waals surface area contributed by atoms with Gasteiger partial charge in [-0.15, -0.1) is 0 Å². The Bertz CT molecular complexity index is 1030. The van der Waals surface area contributed by atoms with Crippen LogP contribution in [0, 0.1) is 0 Å². The number of nitrogens with one attached hydrogen (secondary N) is 1. The summed E-state index contributed by atoms with van der Waals surface area (Å²) in [4.78, 5) is 25.2. The van der Waals surface area contributed by atoms with Gasteiger partial charge in [0.1, 0.15) is 11.4 Å². The fourth-order valence-electron chi connectivity index (χ4n) is 3.96. The number of allylic oxidation sites excluding steroid dienone is 1. The van der Waals surface area contributed by atoms with Gasteiger partial charge in [-0.05, 0) is 30.3 Å². The lowest BCUT2D eigenvalue weighted by atomic mass is 9.90. The first kappa shape index (κ1) is 22.1. The van der Waals surface area contributed by atoms with Crippen molar-refractivity contribution in [2.45, 2.75) is 44.6 Å². The molecule has 1 spiro atoms. The number of ketones is 1. The number of nitrogens with zero attached hydrogens (tertiary/aromatic N) is 2. The van der Waals surface area contributed by atoms with Gasteiger partial charge in [-0.1, -0.05) is 32.9 Å². The molecule has 1 aromatic heterocycles. The van der Waals surface area contributed by atoms with Crippen molar-refractivity contribution in [2.24, 2.45) is 0 Å². The first-order valence-electron chi connectivity index (χ1n) is 11.0. The summed E-state index contributed by atoms with van der Waals surface area (Å²) >= 11 is 0. The molecule has 1 aromatic carbocycles. The zero-order chi connectivity index (χ0) is 22.8. The number of ether oxygens (including phenoxy) is 1. The van der Waals surface area contributed by atoms with Crippen molar-refractivity contribution < 1.29 is 14.4 Å². The largest absolute Gasteiger partial charge is 0.497 e. The Balaban J connectivity index is 1.35. The van der Waals surface area contributed by atoms with Crippen molar-refractivity contribution >= 4 is 11.5 Å². The van der Waals surface area contributed by atoms with Crippen LogP contribution in [-0.4, -0.2) is 41.5 Å². The minimum Gasteiger partial charge on any atom is -0.497 e. The quantitative estimate of drug-likeness (QED) is 0.554. The van der Waals surface area contributed by atoms with Crippen LogP contribution in [-0.2, 0) is 10.3 Å². The Kier molecular flexibility index (Phi) is 6.07. The summed E-state index contributed by atoms with van der Waals surface area (Å²) in [5.74, 6) is 0.788. The Morgan fingerprint density at radius 2 is 2.00 bits per heavy atom. The third kappa shape index (κ3) is 4.86. The molecule has 2 aliphatic heterocycles. The van der Waals surface area contributed by atoms with Crippen molar-refractivity contribution in [1.82, 2.24) is 15.4 Å². The van der Waals surface area contributed by atoms with Crippen LogP contribution in [0.5, 0.6) is 5.75 Å². The highest BCUT2D eigenvalue weighted by Gasteiger charge is 2.38. The Labute approximate surface area is 189 Å². The zero-order valence-electron chi connectivity index (χ0n) is 19.2. The van der Waals surface area contributed by atoms with E-state index in [0.717, 1.165) is 48.6 Å². The molecule has 32 heavy (non-hydrogen) atoms. The molecule has 0 aliphatic carbocycles. The first-order valence-corrected chi connectivity index (χ1v) is 11.0. The SMILES string of the molecule is COc1cccc(C2=CC3(CCN(C=CC(=O)c4ccc(C(C)(C)C)nc4)CC3)ON2)c1. The highest BCUT2D eigenvalue weighted by Crippen LogP contribution is 2.35. The molecule has 0 amide bonds. The molecule has 0 bridgehead atoms. The second-order valence-corrected chi connectivity index (χ2v) is 9.46. The van der Waals surface area contributed by atoms with Crippen molar-refractivity contribution in [3.05, 3.63) is 77.8 Å². The lowest BCUT2D eigenvalue weighted by Gasteiger charge is -2.36. The van der Waals surface area contributed by atoms with Crippen LogP contribution in [0.3, 0.4) is 0 Å². The summed E-state index contributed by atoms with van der Waals surface area (Å²) in [6, 6.07) is 11.7. The lowest BCUT2D eigenvalue weighted by molar-refractivity contribution is -0.0639. The van der Waals surface area contributed by atoms with E-state index in [1.54, 1.807) is 19.4 Å². The molecule has 0 atom stereocenters. The van der Waals surface area contributed by atoms with Gasteiger partial charge in [-0.2, -0.15) is 0 Å². The van der Waals surface area contributed by atoms with E-state index < -0.39 is 0 Å². The third-order valence-electron chi connectivity index (χ3n) is 6.05. The minimum absolute atomic E-state index is 0.0285. The predicted molar refractivity (Wildman–Crippen MR) is 125 cm³/mol. The van der Waals surface area contributed by atoms with Gasteiger partial charge in [0.25, 0.3) is 0 Å². The lowest BCUT2D eigenvalue weighted by Crippen LogP contribution is -2.42. The summed E-state index contributed by atoms with van der Waals surface area (Å²) in [7, 11) is 1.67. The molecule has 1 N–H and O–H groups in total. The monoisotopic (exact) mass is 433 g/mol. The van der Waals surface area contributed by atoms with E-state index in [1.807, 2.05) is 42.6 Å². The van der Waals surface area contributed by atoms with E-state index in [1.165, 1.54) is 0 Å². The van der Waals surface area contributed by atoms with Crippen molar-refractivity contribution in [3.63, 3.8) is 0 Å². The van der Waals surface area contributed by atoms with E-state index in [4.69, 9.17) is 9.57 Å². The van der Waals surface area contributed by atoms with Crippen LogP contribution in [0.15, 0.2) is 60.9 Å². The summed E-state index contributed by atoms with van der Waals surface area (Å²) in [5.41, 5.74) is 6.34. The summed E-state index contributed by atoms with van der Waals surface area (Å²) in [5, 5.41) is 0. The molecule has 168 valence electrons. The van der Waals surface area contributed by atoms with E-state index in [9.17, 15) is 4.79 Å². The standard InChI is InChI=1S/C26H31N3O3/c1-25(2,3)24-9-8-20(18-27-24)23(30)10-13-29-14-11-26(12-15-29)17-22(28-32-26)19-6-5-7-21(16-19)31-4/h5-10,13,16-18,28H,11-12,14-15H2,1-4H3. The highest BCUT2D eigenvalue weighted by molar-refractivity contribution is 6.04. The van der Waals surface area contributed by atoms with Crippen molar-refractivity contribution in [3.8, 4) is 5.75 Å². The van der Waals surface area contributed by atoms with Gasteiger partial charge < -0.3 is 9.64 Å². The van der Waals surface area contributed by atoms with Crippen LogP contribution < -0.4 is 10.2 Å². The van der Waals surface area contributed by atoms with Gasteiger partial charge in [-0.25, -0.2) is 0 Å². The van der Waals surface area contributed by atoms with Gasteiger partial charge in [0, 0.05) is 66.6 Å². The number of pyridine rings is 1. The number of methoxy groups -OCH3 is 1. The maximum absolute atomic E-state index is 12.5. The van der Waals surface area contributed by atoms with Crippen LogP contribution in [0.4, 0.5) is 0 Å². The van der Waals surface area contributed by atoms with Gasteiger partial charge in [0.15, 0.2) is 5.78 Å². The Morgan fingerprint density at radius 3 is 2.66 bits per heavy atom. The van der Waals surface area contributed by atoms with E-state index >= 15 is 0 Å². The van der Waals surface area contributed by atoms with Crippen LogP contribution in [0.25, 0.3) is 5.70 Å². The van der Waals surface area contributed by atoms with E-state index in [-0.39, 0.29) is 16.8 Å². The van der Waals surface area contributed by atoms with Crippen LogP contribution in [0.1, 0.15) is 55.2 Å².